The van der Waals surface area contributed by atoms with Crippen molar-refractivity contribution in [2.45, 2.75) is 0 Å². The van der Waals surface area contributed by atoms with Gasteiger partial charge in [-0.3, -0.25) is 9.69 Å². The standard InChI is InChI=1S/C14H21FN4O3S/c1-17(2)23(21,22)19-9-7-18(8-10-19)11-14(20)16-13-5-3-12(15)4-6-13/h3-6H,7-11H2,1-2H3,(H,16,20). The SMILES string of the molecule is CN(C)S(=O)(=O)N1CCN(CC(=O)Nc2ccc(F)cc2)CC1. The number of hydrogen-bond acceptors (Lipinski definition) is 4. The second kappa shape index (κ2) is 7.35. The van der Waals surface area contributed by atoms with Gasteiger partial charge in [0.25, 0.3) is 10.2 Å². The Morgan fingerprint density at radius 3 is 2.26 bits per heavy atom. The van der Waals surface area contributed by atoms with Crippen LogP contribution in [0.1, 0.15) is 0 Å². The van der Waals surface area contributed by atoms with Gasteiger partial charge in [0.2, 0.25) is 5.91 Å². The Labute approximate surface area is 135 Å². The molecule has 1 fully saturated rings. The van der Waals surface area contributed by atoms with Crippen LogP contribution in [0.25, 0.3) is 0 Å². The number of carbonyl (C=O) groups excluding carboxylic acids is 1. The minimum atomic E-state index is -3.40. The van der Waals surface area contributed by atoms with Crippen molar-refractivity contribution < 1.29 is 17.6 Å². The monoisotopic (exact) mass is 344 g/mol. The Morgan fingerprint density at radius 2 is 1.74 bits per heavy atom. The summed E-state index contributed by atoms with van der Waals surface area (Å²) < 4.78 is 39.4. The predicted octanol–water partition coefficient (Wildman–Crippen LogP) is 0.188. The Hall–Kier alpha value is -1.55. The number of carbonyl (C=O) groups is 1. The van der Waals surface area contributed by atoms with E-state index >= 15 is 0 Å². The van der Waals surface area contributed by atoms with E-state index in [1.807, 2.05) is 4.90 Å². The zero-order valence-electron chi connectivity index (χ0n) is 13.2. The molecule has 1 amide bonds. The molecule has 0 bridgehead atoms. The highest BCUT2D eigenvalue weighted by molar-refractivity contribution is 7.86. The molecule has 0 saturated carbocycles. The number of nitrogens with zero attached hydrogens (tertiary/aromatic N) is 3. The maximum atomic E-state index is 12.8. The number of rotatable bonds is 5. The number of halogens is 1. The molecule has 2 rings (SSSR count). The maximum absolute atomic E-state index is 12.8. The van der Waals surface area contributed by atoms with Crippen molar-refractivity contribution in [1.29, 1.82) is 0 Å². The second-order valence-electron chi connectivity index (χ2n) is 5.52. The number of piperazine rings is 1. The molecule has 9 heteroatoms. The summed E-state index contributed by atoms with van der Waals surface area (Å²) in [4.78, 5) is 13.9. The Balaban J connectivity index is 1.82. The number of amides is 1. The lowest BCUT2D eigenvalue weighted by atomic mass is 10.3. The van der Waals surface area contributed by atoms with Crippen LogP contribution in [-0.4, -0.2) is 74.7 Å². The van der Waals surface area contributed by atoms with Crippen molar-refractivity contribution in [3.63, 3.8) is 0 Å². The molecule has 7 nitrogen and oxygen atoms in total. The molecule has 0 aliphatic carbocycles. The number of benzene rings is 1. The van der Waals surface area contributed by atoms with Gasteiger partial charge in [-0.15, -0.1) is 0 Å². The average Bonchev–Trinajstić information content (AvgIpc) is 2.50. The molecule has 1 saturated heterocycles. The van der Waals surface area contributed by atoms with Crippen LogP contribution in [0.2, 0.25) is 0 Å². The van der Waals surface area contributed by atoms with Gasteiger partial charge in [-0.25, -0.2) is 4.39 Å². The van der Waals surface area contributed by atoms with E-state index in [2.05, 4.69) is 5.32 Å². The van der Waals surface area contributed by atoms with Gasteiger partial charge in [0.15, 0.2) is 0 Å². The topological polar surface area (TPSA) is 73.0 Å². The zero-order valence-corrected chi connectivity index (χ0v) is 14.0. The lowest BCUT2D eigenvalue weighted by Crippen LogP contribution is -2.52. The van der Waals surface area contributed by atoms with Crippen LogP contribution in [0.5, 0.6) is 0 Å². The van der Waals surface area contributed by atoms with E-state index in [0.29, 0.717) is 31.9 Å². The van der Waals surface area contributed by atoms with Gasteiger partial charge in [-0.1, -0.05) is 0 Å². The first-order valence-electron chi connectivity index (χ1n) is 7.24. The van der Waals surface area contributed by atoms with Crippen molar-refractivity contribution in [3.05, 3.63) is 30.1 Å². The number of nitrogens with one attached hydrogen (secondary N) is 1. The average molecular weight is 344 g/mol. The fourth-order valence-corrected chi connectivity index (χ4v) is 3.37. The van der Waals surface area contributed by atoms with Crippen molar-refractivity contribution in [1.82, 2.24) is 13.5 Å². The van der Waals surface area contributed by atoms with E-state index < -0.39 is 10.2 Å². The fourth-order valence-electron chi connectivity index (χ4n) is 2.29. The van der Waals surface area contributed by atoms with E-state index in [1.54, 1.807) is 0 Å². The molecule has 0 unspecified atom stereocenters. The minimum absolute atomic E-state index is 0.174. The van der Waals surface area contributed by atoms with Gasteiger partial charge in [-0.2, -0.15) is 17.0 Å². The molecule has 23 heavy (non-hydrogen) atoms. The Kier molecular flexibility index (Phi) is 5.69. The third-order valence-corrected chi connectivity index (χ3v) is 5.55. The smallest absolute Gasteiger partial charge is 0.281 e. The molecule has 0 aromatic heterocycles. The van der Waals surface area contributed by atoms with Gasteiger partial charge in [-0.05, 0) is 24.3 Å². The summed E-state index contributed by atoms with van der Waals surface area (Å²) in [6, 6.07) is 5.55. The van der Waals surface area contributed by atoms with E-state index in [-0.39, 0.29) is 18.3 Å². The van der Waals surface area contributed by atoms with Crippen molar-refractivity contribution in [3.8, 4) is 0 Å². The van der Waals surface area contributed by atoms with Gasteiger partial charge >= 0.3 is 0 Å². The molecule has 1 aliphatic heterocycles. The second-order valence-corrected chi connectivity index (χ2v) is 7.66. The molecule has 128 valence electrons. The molecule has 0 radical (unpaired) electrons. The third-order valence-electron chi connectivity index (χ3n) is 3.61. The first kappa shape index (κ1) is 17.8. The van der Waals surface area contributed by atoms with Crippen molar-refractivity contribution in [2.24, 2.45) is 0 Å². The van der Waals surface area contributed by atoms with Crippen LogP contribution in [0.3, 0.4) is 0 Å². The zero-order chi connectivity index (χ0) is 17.0. The normalized spacial score (nSPS) is 17.4. The summed E-state index contributed by atoms with van der Waals surface area (Å²) >= 11 is 0. The van der Waals surface area contributed by atoms with E-state index in [0.717, 1.165) is 0 Å². The quantitative estimate of drug-likeness (QED) is 0.828. The molecule has 1 heterocycles. The molecular weight excluding hydrogens is 323 g/mol. The van der Waals surface area contributed by atoms with Crippen LogP contribution in [0.4, 0.5) is 10.1 Å². The largest absolute Gasteiger partial charge is 0.325 e. The highest BCUT2D eigenvalue weighted by atomic mass is 32.2. The summed E-state index contributed by atoms with van der Waals surface area (Å²) in [6.45, 7) is 1.86. The number of hydrogen-bond donors (Lipinski definition) is 1. The first-order valence-corrected chi connectivity index (χ1v) is 8.64. The summed E-state index contributed by atoms with van der Waals surface area (Å²) in [6.07, 6.45) is 0. The lowest BCUT2D eigenvalue weighted by Gasteiger charge is -2.34. The number of anilines is 1. The van der Waals surface area contributed by atoms with E-state index in [4.69, 9.17) is 0 Å². The Morgan fingerprint density at radius 1 is 1.17 bits per heavy atom. The van der Waals surface area contributed by atoms with Crippen molar-refractivity contribution in [2.75, 3.05) is 52.1 Å². The predicted molar refractivity (Wildman–Crippen MR) is 85.6 cm³/mol. The summed E-state index contributed by atoms with van der Waals surface area (Å²) in [5, 5.41) is 2.69. The molecule has 0 spiro atoms. The summed E-state index contributed by atoms with van der Waals surface area (Å²) in [5.74, 6) is -0.568. The molecule has 1 aromatic rings. The van der Waals surface area contributed by atoms with E-state index in [9.17, 15) is 17.6 Å². The molecule has 1 N–H and O–H groups in total. The fraction of sp³-hybridized carbons (Fsp3) is 0.500. The van der Waals surface area contributed by atoms with Crippen molar-refractivity contribution >= 4 is 21.8 Å². The van der Waals surface area contributed by atoms with Gasteiger partial charge in [0.05, 0.1) is 6.54 Å². The van der Waals surface area contributed by atoms with Gasteiger partial charge < -0.3 is 5.32 Å². The highest BCUT2D eigenvalue weighted by Crippen LogP contribution is 2.11. The molecule has 1 aliphatic rings. The highest BCUT2D eigenvalue weighted by Gasteiger charge is 2.28. The minimum Gasteiger partial charge on any atom is -0.325 e. The van der Waals surface area contributed by atoms with Crippen LogP contribution in [0, 0.1) is 5.82 Å². The van der Waals surface area contributed by atoms with Crippen LogP contribution < -0.4 is 5.32 Å². The van der Waals surface area contributed by atoms with Gasteiger partial charge in [0.1, 0.15) is 5.82 Å². The first-order chi connectivity index (χ1) is 10.8. The third kappa shape index (κ3) is 4.71. The van der Waals surface area contributed by atoms with Crippen LogP contribution in [-0.2, 0) is 15.0 Å². The summed E-state index contributed by atoms with van der Waals surface area (Å²) in [5.41, 5.74) is 0.533. The van der Waals surface area contributed by atoms with Gasteiger partial charge in [0, 0.05) is 46.0 Å². The Bertz CT molecular complexity index is 640. The molecular formula is C14H21FN4O3S. The lowest BCUT2D eigenvalue weighted by molar-refractivity contribution is -0.117. The van der Waals surface area contributed by atoms with Crippen LogP contribution >= 0.6 is 0 Å². The summed E-state index contributed by atoms with van der Waals surface area (Å²) in [7, 11) is -0.405. The van der Waals surface area contributed by atoms with Crippen LogP contribution in [0.15, 0.2) is 24.3 Å². The van der Waals surface area contributed by atoms with E-state index in [1.165, 1.54) is 47.0 Å². The molecule has 1 aromatic carbocycles. The maximum Gasteiger partial charge on any atom is 0.281 e. The molecule has 0 atom stereocenters.